The quantitative estimate of drug-likeness (QED) is 0.139. The van der Waals surface area contributed by atoms with Crippen LogP contribution in [0.5, 0.6) is 0 Å². The number of nitrogens with zero attached hydrogens (tertiary/aromatic N) is 3. The summed E-state index contributed by atoms with van der Waals surface area (Å²) in [5.74, 6) is -0.797. The molecule has 2 unspecified atom stereocenters. The highest BCUT2D eigenvalue weighted by molar-refractivity contribution is 6.02. The Morgan fingerprint density at radius 2 is 1.37 bits per heavy atom. The predicted octanol–water partition coefficient (Wildman–Crippen LogP) is 6.69. The van der Waals surface area contributed by atoms with Crippen LogP contribution in [0.4, 0.5) is 0 Å². The van der Waals surface area contributed by atoms with Crippen molar-refractivity contribution in [1.29, 1.82) is 0 Å². The second kappa shape index (κ2) is 14.3. The molecule has 0 aliphatic carbocycles. The molecule has 0 amide bonds. The number of carbonyl (C=O) groups excluding carboxylic acids is 2. The first-order valence-corrected chi connectivity index (χ1v) is 16.9. The van der Waals surface area contributed by atoms with E-state index in [0.29, 0.717) is 36.4 Å². The maximum absolute atomic E-state index is 13.9. The molecular formula is C41H44N4O4. The molecule has 2 atom stereocenters. The number of nitrogens with two attached hydrogens (primary N) is 1. The van der Waals surface area contributed by atoms with Crippen LogP contribution in [0, 0.1) is 0 Å². The summed E-state index contributed by atoms with van der Waals surface area (Å²) in [7, 11) is 0. The van der Waals surface area contributed by atoms with E-state index in [2.05, 4.69) is 77.7 Å². The first-order valence-electron chi connectivity index (χ1n) is 16.9. The van der Waals surface area contributed by atoms with Crippen LogP contribution in [-0.4, -0.2) is 64.6 Å². The lowest BCUT2D eigenvalue weighted by atomic mass is 9.75. The Kier molecular flexibility index (Phi) is 9.92. The van der Waals surface area contributed by atoms with E-state index in [0.717, 1.165) is 22.1 Å². The van der Waals surface area contributed by atoms with Crippen LogP contribution in [0.25, 0.3) is 10.9 Å². The number of esters is 2. The van der Waals surface area contributed by atoms with Crippen LogP contribution in [0.1, 0.15) is 66.6 Å². The third kappa shape index (κ3) is 6.85. The van der Waals surface area contributed by atoms with Crippen LogP contribution in [0.3, 0.4) is 0 Å². The summed E-state index contributed by atoms with van der Waals surface area (Å²) in [6.07, 6.45) is -0.743. The summed E-state index contributed by atoms with van der Waals surface area (Å²) in [6.45, 7) is 8.97. The first kappa shape index (κ1) is 34.0. The molecule has 6 rings (SSSR count). The van der Waals surface area contributed by atoms with Gasteiger partial charge in [0, 0.05) is 25.0 Å². The lowest BCUT2D eigenvalue weighted by Crippen LogP contribution is -2.64. The Morgan fingerprint density at radius 1 is 0.796 bits per heavy atom. The van der Waals surface area contributed by atoms with Gasteiger partial charge >= 0.3 is 11.9 Å². The molecule has 1 saturated heterocycles. The van der Waals surface area contributed by atoms with Gasteiger partial charge in [0.1, 0.15) is 17.8 Å². The van der Waals surface area contributed by atoms with E-state index in [-0.39, 0.29) is 12.6 Å². The number of hydrogen-bond donors (Lipinski definition) is 1. The Morgan fingerprint density at radius 3 is 1.90 bits per heavy atom. The van der Waals surface area contributed by atoms with E-state index in [1.807, 2.05) is 75.1 Å². The van der Waals surface area contributed by atoms with Gasteiger partial charge in [-0.1, -0.05) is 109 Å². The number of hydrogen-bond acceptors (Lipinski definition) is 8. The average Bonchev–Trinajstić information content (AvgIpc) is 3.12. The fourth-order valence-corrected chi connectivity index (χ4v) is 6.96. The van der Waals surface area contributed by atoms with Crippen LogP contribution in [0.2, 0.25) is 0 Å². The first-order chi connectivity index (χ1) is 23.6. The van der Waals surface area contributed by atoms with Crippen molar-refractivity contribution in [3.63, 3.8) is 0 Å². The van der Waals surface area contributed by atoms with Gasteiger partial charge in [0.2, 0.25) is 0 Å². The molecule has 1 aromatic heterocycles. The van der Waals surface area contributed by atoms with Gasteiger partial charge in [-0.2, -0.15) is 0 Å². The molecule has 0 spiro atoms. The highest BCUT2D eigenvalue weighted by Crippen LogP contribution is 2.44. The Labute approximate surface area is 288 Å². The molecule has 8 nitrogen and oxygen atoms in total. The molecule has 0 bridgehead atoms. The lowest BCUT2D eigenvalue weighted by molar-refractivity contribution is -0.155. The summed E-state index contributed by atoms with van der Waals surface area (Å²) in [5, 5.41) is 0.796. The standard InChI is InChI=1S/C41H44N4O4/c1-5-48-39(47)35-28-44(41(30-17-9-6-10-18-30,31-19-11-7-12-20-31)32-21-13-8-14-22-32)26-27-45(35)37(42)34-25-24-29-16-15-23-33(36(29)43-34)38(46)49-40(2,3)4/h6-25,35,37H,5,26-28,42H2,1-4H3. The zero-order valence-electron chi connectivity index (χ0n) is 28.6. The van der Waals surface area contributed by atoms with Crippen molar-refractivity contribution in [2.75, 3.05) is 26.2 Å². The molecule has 0 radical (unpaired) electrons. The number of rotatable bonds is 9. The minimum absolute atomic E-state index is 0.243. The maximum Gasteiger partial charge on any atom is 0.340 e. The number of piperazine rings is 1. The van der Waals surface area contributed by atoms with Gasteiger partial charge in [0.05, 0.1) is 28.9 Å². The summed E-state index contributed by atoms with van der Waals surface area (Å²) >= 11 is 0. The second-order valence-electron chi connectivity index (χ2n) is 13.3. The average molecular weight is 657 g/mol. The van der Waals surface area contributed by atoms with Crippen molar-refractivity contribution in [2.45, 2.75) is 51.0 Å². The fraction of sp³-hybridized carbons (Fsp3) is 0.293. The van der Waals surface area contributed by atoms with Crippen molar-refractivity contribution in [3.05, 3.63) is 149 Å². The topological polar surface area (TPSA) is 98.0 Å². The van der Waals surface area contributed by atoms with E-state index in [4.69, 9.17) is 20.2 Å². The van der Waals surface area contributed by atoms with Gasteiger partial charge in [-0.05, 0) is 56.5 Å². The number of fused-ring (bicyclic) bond motifs is 1. The highest BCUT2D eigenvalue weighted by atomic mass is 16.6. The van der Waals surface area contributed by atoms with Crippen molar-refractivity contribution < 1.29 is 19.1 Å². The van der Waals surface area contributed by atoms with Crippen LogP contribution in [-0.2, 0) is 19.8 Å². The molecule has 1 fully saturated rings. The number of pyridine rings is 1. The summed E-state index contributed by atoms with van der Waals surface area (Å²) in [4.78, 5) is 36.3. The maximum atomic E-state index is 13.9. The molecule has 1 aliphatic rings. The Hall–Kier alpha value is -4.89. The van der Waals surface area contributed by atoms with Gasteiger partial charge in [0.15, 0.2) is 0 Å². The molecule has 5 aromatic rings. The highest BCUT2D eigenvalue weighted by Gasteiger charge is 2.48. The number of benzene rings is 4. The van der Waals surface area contributed by atoms with E-state index in [9.17, 15) is 9.59 Å². The SMILES string of the molecule is CCOC(=O)C1CN(C(c2ccccc2)(c2ccccc2)c2ccccc2)CCN1C(N)c1ccc2cccc(C(=O)OC(C)(C)C)c2n1. The van der Waals surface area contributed by atoms with Gasteiger partial charge in [-0.3, -0.25) is 14.6 Å². The minimum Gasteiger partial charge on any atom is -0.465 e. The largest absolute Gasteiger partial charge is 0.465 e. The van der Waals surface area contributed by atoms with Gasteiger partial charge in [-0.25, -0.2) is 9.78 Å². The van der Waals surface area contributed by atoms with Crippen molar-refractivity contribution in [3.8, 4) is 0 Å². The van der Waals surface area contributed by atoms with Gasteiger partial charge < -0.3 is 15.2 Å². The van der Waals surface area contributed by atoms with Crippen molar-refractivity contribution in [2.24, 2.45) is 5.73 Å². The monoisotopic (exact) mass is 656 g/mol. The second-order valence-corrected chi connectivity index (χ2v) is 13.3. The number of ether oxygens (including phenoxy) is 2. The van der Waals surface area contributed by atoms with E-state index < -0.39 is 29.3 Å². The number of carbonyl (C=O) groups is 2. The molecule has 8 heteroatoms. The minimum atomic E-state index is -0.743. The Bertz CT molecular complexity index is 1800. The third-order valence-corrected chi connectivity index (χ3v) is 9.05. The van der Waals surface area contributed by atoms with E-state index >= 15 is 0 Å². The predicted molar refractivity (Wildman–Crippen MR) is 192 cm³/mol. The molecule has 49 heavy (non-hydrogen) atoms. The normalized spacial score (nSPS) is 16.6. The van der Waals surface area contributed by atoms with Crippen LogP contribution >= 0.6 is 0 Å². The molecule has 4 aromatic carbocycles. The van der Waals surface area contributed by atoms with Crippen LogP contribution < -0.4 is 5.73 Å². The number of para-hydroxylation sites is 1. The zero-order chi connectivity index (χ0) is 34.6. The van der Waals surface area contributed by atoms with Crippen molar-refractivity contribution in [1.82, 2.24) is 14.8 Å². The molecule has 252 valence electrons. The molecular weight excluding hydrogens is 612 g/mol. The van der Waals surface area contributed by atoms with Crippen molar-refractivity contribution >= 4 is 22.8 Å². The summed E-state index contributed by atoms with van der Waals surface area (Å²) in [6, 6.07) is 39.8. The zero-order valence-corrected chi connectivity index (χ0v) is 28.6. The molecule has 1 aliphatic heterocycles. The molecule has 2 heterocycles. The van der Waals surface area contributed by atoms with Gasteiger partial charge in [0.25, 0.3) is 0 Å². The fourth-order valence-electron chi connectivity index (χ4n) is 6.96. The van der Waals surface area contributed by atoms with Gasteiger partial charge in [-0.15, -0.1) is 0 Å². The summed E-state index contributed by atoms with van der Waals surface area (Å²) < 4.78 is 11.4. The smallest absolute Gasteiger partial charge is 0.340 e. The Balaban J connectivity index is 1.42. The van der Waals surface area contributed by atoms with Crippen LogP contribution in [0.15, 0.2) is 121 Å². The molecule has 2 N–H and O–H groups in total. The third-order valence-electron chi connectivity index (χ3n) is 9.05. The summed E-state index contributed by atoms with van der Waals surface area (Å²) in [5.41, 5.74) is 10.4. The van der Waals surface area contributed by atoms with E-state index in [1.54, 1.807) is 6.07 Å². The number of aromatic nitrogens is 1. The lowest BCUT2D eigenvalue weighted by Gasteiger charge is -2.51. The molecule has 0 saturated carbocycles. The van der Waals surface area contributed by atoms with E-state index in [1.165, 1.54) is 0 Å².